The van der Waals surface area contributed by atoms with Crippen molar-refractivity contribution in [3.8, 4) is 0 Å². The van der Waals surface area contributed by atoms with E-state index in [1.807, 2.05) is 43.1 Å². The number of rotatable bonds is 5. The highest BCUT2D eigenvalue weighted by atomic mass is 32.2. The molecule has 0 aliphatic heterocycles. The zero-order valence-electron chi connectivity index (χ0n) is 13.4. The zero-order valence-corrected chi connectivity index (χ0v) is 15.0. The van der Waals surface area contributed by atoms with Crippen molar-refractivity contribution >= 4 is 28.6 Å². The number of hydrogen-bond donors (Lipinski definition) is 1. The summed E-state index contributed by atoms with van der Waals surface area (Å²) in [6, 6.07) is 7.86. The summed E-state index contributed by atoms with van der Waals surface area (Å²) in [5, 5.41) is 3.80. The Bertz CT molecular complexity index is 533. The van der Waals surface area contributed by atoms with Crippen LogP contribution >= 0.6 is 11.8 Å². The Morgan fingerprint density at radius 1 is 1.36 bits per heavy atom. The van der Waals surface area contributed by atoms with Gasteiger partial charge in [-0.1, -0.05) is 12.1 Å². The number of thioether (sulfide) groups is 1. The molecule has 1 aromatic carbocycles. The number of amides is 2. The highest BCUT2D eigenvalue weighted by Gasteiger charge is 2.25. The molecular formula is C16H24N2O2S2. The third-order valence-corrected chi connectivity index (χ3v) is 6.10. The lowest BCUT2D eigenvalue weighted by Gasteiger charge is -2.21. The Morgan fingerprint density at radius 3 is 2.59 bits per heavy atom. The first-order valence-corrected chi connectivity index (χ1v) is 10.3. The first kappa shape index (κ1) is 17.3. The summed E-state index contributed by atoms with van der Waals surface area (Å²) in [6.45, 7) is 0.557. The van der Waals surface area contributed by atoms with Crippen LogP contribution in [0.3, 0.4) is 0 Å². The summed E-state index contributed by atoms with van der Waals surface area (Å²) in [5.74, 6) is 0. The molecule has 6 heteroatoms. The maximum Gasteiger partial charge on any atom is 0.317 e. The van der Waals surface area contributed by atoms with Crippen LogP contribution in [0.1, 0.15) is 24.8 Å². The minimum Gasteiger partial charge on any atom is -0.335 e. The van der Waals surface area contributed by atoms with Crippen LogP contribution in [0, 0.1) is 0 Å². The van der Waals surface area contributed by atoms with Crippen molar-refractivity contribution in [3.63, 3.8) is 0 Å². The molecule has 0 spiro atoms. The molecule has 22 heavy (non-hydrogen) atoms. The standard InChI is InChI=1S/C16H24N2O2S2/c1-18(11-12-4-8-15(9-5-12)22(3)20)16(19)17-13-6-7-14(10-13)21-2/h4-5,8-9,13-14H,6-7,10-11H2,1-3H3,(H,17,19)/t13-,14-,22+/m1/s1. The summed E-state index contributed by atoms with van der Waals surface area (Å²) < 4.78 is 11.4. The Hall–Kier alpha value is -1.01. The molecule has 0 radical (unpaired) electrons. The summed E-state index contributed by atoms with van der Waals surface area (Å²) in [7, 11) is 0.846. The van der Waals surface area contributed by atoms with E-state index in [0.717, 1.165) is 23.3 Å². The maximum atomic E-state index is 12.2. The third kappa shape index (κ3) is 4.74. The van der Waals surface area contributed by atoms with Crippen LogP contribution in [0.2, 0.25) is 0 Å². The first-order chi connectivity index (χ1) is 10.5. The second-order valence-electron chi connectivity index (χ2n) is 5.77. The molecule has 1 fully saturated rings. The summed E-state index contributed by atoms with van der Waals surface area (Å²) in [4.78, 5) is 14.7. The highest BCUT2D eigenvalue weighted by Crippen LogP contribution is 2.28. The average molecular weight is 341 g/mol. The van der Waals surface area contributed by atoms with Gasteiger partial charge in [0.15, 0.2) is 0 Å². The molecule has 1 N–H and O–H groups in total. The number of benzene rings is 1. The predicted octanol–water partition coefficient (Wildman–Crippen LogP) is 2.85. The molecule has 4 nitrogen and oxygen atoms in total. The van der Waals surface area contributed by atoms with Crippen molar-refractivity contribution in [2.75, 3.05) is 19.6 Å². The van der Waals surface area contributed by atoms with Crippen molar-refractivity contribution in [2.24, 2.45) is 0 Å². The Morgan fingerprint density at radius 2 is 2.05 bits per heavy atom. The van der Waals surface area contributed by atoms with Crippen LogP contribution in [0.5, 0.6) is 0 Å². The van der Waals surface area contributed by atoms with E-state index in [2.05, 4.69) is 11.6 Å². The van der Waals surface area contributed by atoms with Gasteiger partial charge in [-0.15, -0.1) is 0 Å². The molecule has 1 saturated carbocycles. The summed E-state index contributed by atoms with van der Waals surface area (Å²) in [5.41, 5.74) is 1.04. The summed E-state index contributed by atoms with van der Waals surface area (Å²) >= 11 is 1.89. The van der Waals surface area contributed by atoms with Crippen molar-refractivity contribution < 1.29 is 9.00 Å². The highest BCUT2D eigenvalue weighted by molar-refractivity contribution is 7.99. The molecule has 0 unspecified atom stereocenters. The Balaban J connectivity index is 1.84. The Labute approximate surface area is 139 Å². The fourth-order valence-corrected chi connectivity index (χ4v) is 4.02. The Kier molecular flexibility index (Phi) is 6.32. The van der Waals surface area contributed by atoms with Crippen molar-refractivity contribution in [1.82, 2.24) is 10.2 Å². The molecule has 0 saturated heterocycles. The van der Waals surface area contributed by atoms with E-state index in [0.29, 0.717) is 17.8 Å². The normalized spacial score (nSPS) is 22.3. The lowest BCUT2D eigenvalue weighted by Crippen LogP contribution is -2.41. The minimum absolute atomic E-state index is 0.0186. The predicted molar refractivity (Wildman–Crippen MR) is 93.7 cm³/mol. The number of nitrogens with zero attached hydrogens (tertiary/aromatic N) is 1. The molecule has 1 aromatic rings. The van der Waals surface area contributed by atoms with E-state index in [1.165, 1.54) is 6.42 Å². The number of hydrogen-bond acceptors (Lipinski definition) is 3. The third-order valence-electron chi connectivity index (χ3n) is 4.07. The van der Waals surface area contributed by atoms with Gasteiger partial charge >= 0.3 is 6.03 Å². The van der Waals surface area contributed by atoms with Crippen molar-refractivity contribution in [1.29, 1.82) is 0 Å². The van der Waals surface area contributed by atoms with Crippen molar-refractivity contribution in [2.45, 2.75) is 42.0 Å². The largest absolute Gasteiger partial charge is 0.335 e. The van der Waals surface area contributed by atoms with Crippen LogP contribution in [0.25, 0.3) is 0 Å². The van der Waals surface area contributed by atoms with Crippen LogP contribution < -0.4 is 5.32 Å². The number of carbonyl (C=O) groups is 1. The average Bonchev–Trinajstić information content (AvgIpc) is 2.95. The van der Waals surface area contributed by atoms with Gasteiger partial charge in [0.25, 0.3) is 0 Å². The molecule has 2 amide bonds. The molecule has 122 valence electrons. The van der Waals surface area contributed by atoms with Crippen LogP contribution in [-0.2, 0) is 17.3 Å². The van der Waals surface area contributed by atoms with E-state index < -0.39 is 10.8 Å². The number of carbonyl (C=O) groups excluding carboxylic acids is 1. The van der Waals surface area contributed by atoms with Gasteiger partial charge in [-0.2, -0.15) is 11.8 Å². The first-order valence-electron chi connectivity index (χ1n) is 7.46. The zero-order chi connectivity index (χ0) is 16.1. The quantitative estimate of drug-likeness (QED) is 0.897. The number of urea groups is 1. The van der Waals surface area contributed by atoms with Gasteiger partial charge in [0, 0.05) is 46.8 Å². The van der Waals surface area contributed by atoms with Gasteiger partial charge in [-0.3, -0.25) is 4.21 Å². The molecule has 1 aliphatic carbocycles. The van der Waals surface area contributed by atoms with Crippen LogP contribution in [0.4, 0.5) is 4.79 Å². The van der Waals surface area contributed by atoms with E-state index in [1.54, 1.807) is 11.2 Å². The molecule has 1 aliphatic rings. The van der Waals surface area contributed by atoms with E-state index in [9.17, 15) is 9.00 Å². The van der Waals surface area contributed by atoms with Gasteiger partial charge in [0.2, 0.25) is 0 Å². The maximum absolute atomic E-state index is 12.2. The SMILES string of the molecule is CS[C@@H]1CC[C@@H](NC(=O)N(C)Cc2ccc([S@](C)=O)cc2)C1. The molecule has 2 rings (SSSR count). The van der Waals surface area contributed by atoms with Gasteiger partial charge in [-0.05, 0) is 43.2 Å². The van der Waals surface area contributed by atoms with Crippen molar-refractivity contribution in [3.05, 3.63) is 29.8 Å². The molecule has 0 heterocycles. The summed E-state index contributed by atoms with van der Waals surface area (Å²) in [6.07, 6.45) is 7.12. The topological polar surface area (TPSA) is 49.4 Å². The smallest absolute Gasteiger partial charge is 0.317 e. The fourth-order valence-electron chi connectivity index (χ4n) is 2.70. The van der Waals surface area contributed by atoms with E-state index in [-0.39, 0.29) is 6.03 Å². The van der Waals surface area contributed by atoms with Gasteiger partial charge < -0.3 is 10.2 Å². The monoisotopic (exact) mass is 340 g/mol. The van der Waals surface area contributed by atoms with Crippen LogP contribution in [-0.4, -0.2) is 46.0 Å². The molecule has 3 atom stereocenters. The molecule has 0 aromatic heterocycles. The lowest BCUT2D eigenvalue weighted by atomic mass is 10.2. The second-order valence-corrected chi connectivity index (χ2v) is 8.29. The molecular weight excluding hydrogens is 316 g/mol. The lowest BCUT2D eigenvalue weighted by molar-refractivity contribution is 0.203. The number of nitrogens with one attached hydrogen (secondary N) is 1. The van der Waals surface area contributed by atoms with Gasteiger partial charge in [0.1, 0.15) is 0 Å². The van der Waals surface area contributed by atoms with Gasteiger partial charge in [-0.25, -0.2) is 4.79 Å². The van der Waals surface area contributed by atoms with E-state index in [4.69, 9.17) is 0 Å². The fraction of sp³-hybridized carbons (Fsp3) is 0.562. The van der Waals surface area contributed by atoms with Gasteiger partial charge in [0.05, 0.1) is 0 Å². The van der Waals surface area contributed by atoms with E-state index >= 15 is 0 Å². The minimum atomic E-state index is -0.961. The second kappa shape index (κ2) is 8.02. The van der Waals surface area contributed by atoms with Crippen LogP contribution in [0.15, 0.2) is 29.2 Å². The molecule has 0 bridgehead atoms.